The monoisotopic (exact) mass is 654 g/mol. The van der Waals surface area contributed by atoms with E-state index in [1.54, 1.807) is 12.1 Å². The van der Waals surface area contributed by atoms with Crippen LogP contribution in [0.5, 0.6) is 11.5 Å². The van der Waals surface area contributed by atoms with Gasteiger partial charge in [-0.05, 0) is 126 Å². The zero-order valence-corrected chi connectivity index (χ0v) is 28.9. The number of aromatic nitrogens is 2. The molecule has 2 saturated heterocycles. The van der Waals surface area contributed by atoms with Crippen LogP contribution in [0.15, 0.2) is 73.1 Å². The fourth-order valence-electron chi connectivity index (χ4n) is 6.38. The van der Waals surface area contributed by atoms with Crippen molar-refractivity contribution in [2.24, 2.45) is 0 Å². The molecule has 8 nitrogen and oxygen atoms in total. The largest absolute Gasteiger partial charge is 0.493 e. The minimum absolute atomic E-state index is 0.256. The van der Waals surface area contributed by atoms with E-state index in [1.165, 1.54) is 30.7 Å². The Balaban J connectivity index is 0.000000267. The molecule has 0 bridgehead atoms. The van der Waals surface area contributed by atoms with Crippen molar-refractivity contribution >= 4 is 11.4 Å². The quantitative estimate of drug-likeness (QED) is 0.152. The average Bonchev–Trinajstić information content (AvgIpc) is 3.07. The molecule has 6 rings (SSSR count). The van der Waals surface area contributed by atoms with Gasteiger partial charge in [0.15, 0.2) is 0 Å². The van der Waals surface area contributed by atoms with Crippen LogP contribution in [0.3, 0.4) is 0 Å². The van der Waals surface area contributed by atoms with Crippen LogP contribution in [0.25, 0.3) is 11.1 Å². The molecule has 0 unspecified atom stereocenters. The Morgan fingerprint density at radius 2 is 1.27 bits per heavy atom. The lowest BCUT2D eigenvalue weighted by Crippen LogP contribution is -2.38. The molecular weight excluding hydrogens is 603 g/mol. The van der Waals surface area contributed by atoms with Crippen LogP contribution in [0.2, 0.25) is 0 Å². The van der Waals surface area contributed by atoms with Gasteiger partial charge in [-0.25, -0.2) is 4.39 Å². The number of rotatable bonds is 11. The Bertz CT molecular complexity index is 1540. The Kier molecular flexibility index (Phi) is 13.0. The van der Waals surface area contributed by atoms with Gasteiger partial charge in [0.2, 0.25) is 0 Å². The average molecular weight is 655 g/mol. The fraction of sp³-hybridized carbons (Fsp3) is 0.436. The molecule has 2 aliphatic heterocycles. The number of aryl methyl sites for hydroxylation is 2. The lowest BCUT2D eigenvalue weighted by molar-refractivity contribution is 0.210. The topological polar surface area (TPSA) is 83.6 Å². The highest BCUT2D eigenvalue weighted by Gasteiger charge is 2.22. The van der Waals surface area contributed by atoms with Gasteiger partial charge in [-0.2, -0.15) is 0 Å². The molecule has 2 aliphatic rings. The first-order valence-corrected chi connectivity index (χ1v) is 17.4. The van der Waals surface area contributed by atoms with E-state index in [2.05, 4.69) is 55.1 Å². The van der Waals surface area contributed by atoms with Gasteiger partial charge >= 0.3 is 0 Å². The number of pyridine rings is 2. The highest BCUT2D eigenvalue weighted by molar-refractivity contribution is 5.77. The number of hydrogen-bond acceptors (Lipinski definition) is 8. The van der Waals surface area contributed by atoms with Crippen molar-refractivity contribution in [2.45, 2.75) is 72.0 Å². The van der Waals surface area contributed by atoms with Crippen molar-refractivity contribution in [1.29, 1.82) is 0 Å². The summed E-state index contributed by atoms with van der Waals surface area (Å²) in [6.07, 6.45) is 8.31. The standard InChI is InChI=1S/C28H34FN3O2.C11H17N3/c1-4-33-26-17-21(18-27(34-5-2)28(26)22-6-8-23(29)9-7-22)19-32-14-11-24(12-15-32)31-25-10-13-30-20(3)16-25;1-9-8-11(4-7-13-9)14-10-2-5-12-6-3-10/h6-10,13,16-18,24H,4-5,11-12,14-15,19H2,1-3H3,(H,30,31);4,7-8,10,12H,2-3,5-6H2,1H3,(H,13,14). The van der Waals surface area contributed by atoms with E-state index >= 15 is 0 Å². The highest BCUT2D eigenvalue weighted by atomic mass is 19.1. The number of likely N-dealkylation sites (tertiary alicyclic amines) is 1. The van der Waals surface area contributed by atoms with Gasteiger partial charge in [0, 0.05) is 66.9 Å². The predicted molar refractivity (Wildman–Crippen MR) is 194 cm³/mol. The van der Waals surface area contributed by atoms with Crippen LogP contribution >= 0.6 is 0 Å². The Hall–Kier alpha value is -4.21. The van der Waals surface area contributed by atoms with Crippen LogP contribution < -0.4 is 25.4 Å². The summed E-state index contributed by atoms with van der Waals surface area (Å²) in [5.41, 5.74) is 7.37. The normalized spacial score (nSPS) is 15.7. The van der Waals surface area contributed by atoms with Gasteiger partial charge in [-0.1, -0.05) is 12.1 Å². The summed E-state index contributed by atoms with van der Waals surface area (Å²) in [7, 11) is 0. The lowest BCUT2D eigenvalue weighted by atomic mass is 9.99. The van der Waals surface area contributed by atoms with Crippen molar-refractivity contribution in [3.8, 4) is 22.6 Å². The molecule has 9 heteroatoms. The number of ether oxygens (including phenoxy) is 2. The number of halogens is 1. The maximum Gasteiger partial charge on any atom is 0.131 e. The van der Waals surface area contributed by atoms with Crippen LogP contribution in [0.1, 0.15) is 56.5 Å². The van der Waals surface area contributed by atoms with Crippen molar-refractivity contribution in [3.05, 3.63) is 95.8 Å². The molecule has 2 aromatic heterocycles. The van der Waals surface area contributed by atoms with Gasteiger partial charge in [0.25, 0.3) is 0 Å². The number of hydrogen-bond donors (Lipinski definition) is 3. The summed E-state index contributed by atoms with van der Waals surface area (Å²) >= 11 is 0. The molecule has 4 heterocycles. The smallest absolute Gasteiger partial charge is 0.131 e. The maximum atomic E-state index is 13.5. The van der Waals surface area contributed by atoms with Crippen LogP contribution in [0, 0.1) is 19.7 Å². The maximum absolute atomic E-state index is 13.5. The zero-order valence-electron chi connectivity index (χ0n) is 28.9. The molecule has 2 aromatic carbocycles. The van der Waals surface area contributed by atoms with Crippen molar-refractivity contribution < 1.29 is 13.9 Å². The second-order valence-corrected chi connectivity index (χ2v) is 12.6. The van der Waals surface area contributed by atoms with Crippen LogP contribution in [0.4, 0.5) is 15.8 Å². The molecule has 0 saturated carbocycles. The third-order valence-electron chi connectivity index (χ3n) is 8.73. The molecule has 0 atom stereocenters. The van der Waals surface area contributed by atoms with E-state index in [4.69, 9.17) is 9.47 Å². The molecule has 4 aromatic rings. The Morgan fingerprint density at radius 1 is 0.750 bits per heavy atom. The van der Waals surface area contributed by atoms with Crippen molar-refractivity contribution in [3.63, 3.8) is 0 Å². The third kappa shape index (κ3) is 10.4. The molecule has 256 valence electrons. The van der Waals surface area contributed by atoms with Gasteiger partial charge in [-0.3, -0.25) is 14.9 Å². The van der Waals surface area contributed by atoms with E-state index in [0.29, 0.717) is 25.3 Å². The first-order chi connectivity index (χ1) is 23.4. The van der Waals surface area contributed by atoms with E-state index in [-0.39, 0.29) is 5.82 Å². The summed E-state index contributed by atoms with van der Waals surface area (Å²) in [6.45, 7) is 14.2. The Morgan fingerprint density at radius 3 is 1.77 bits per heavy atom. The van der Waals surface area contributed by atoms with Gasteiger partial charge in [0.1, 0.15) is 17.3 Å². The SMILES string of the molecule is CCOc1cc(CN2CCC(Nc3ccnc(C)c3)CC2)cc(OCC)c1-c1ccc(F)cc1.Cc1cc(NC2CCNCC2)ccn1. The highest BCUT2D eigenvalue weighted by Crippen LogP contribution is 2.40. The second kappa shape index (κ2) is 17.8. The zero-order chi connectivity index (χ0) is 33.7. The number of anilines is 2. The summed E-state index contributed by atoms with van der Waals surface area (Å²) in [5, 5.41) is 10.6. The molecular formula is C39H51FN6O2. The predicted octanol–water partition coefficient (Wildman–Crippen LogP) is 7.62. The molecule has 3 N–H and O–H groups in total. The second-order valence-electron chi connectivity index (χ2n) is 12.6. The number of nitrogens with one attached hydrogen (secondary N) is 3. The van der Waals surface area contributed by atoms with E-state index in [1.807, 2.05) is 52.2 Å². The molecule has 0 amide bonds. The molecule has 0 aliphatic carbocycles. The molecule has 0 spiro atoms. The van der Waals surface area contributed by atoms with Gasteiger partial charge in [0.05, 0.1) is 18.8 Å². The van der Waals surface area contributed by atoms with E-state index in [9.17, 15) is 4.39 Å². The van der Waals surface area contributed by atoms with Crippen LogP contribution in [-0.4, -0.2) is 66.3 Å². The third-order valence-corrected chi connectivity index (χ3v) is 8.73. The molecule has 2 fully saturated rings. The van der Waals surface area contributed by atoms with Crippen molar-refractivity contribution in [1.82, 2.24) is 20.2 Å². The minimum atomic E-state index is -0.256. The summed E-state index contributed by atoms with van der Waals surface area (Å²) in [5.74, 6) is 1.30. The van der Waals surface area contributed by atoms with E-state index in [0.717, 1.165) is 90.8 Å². The molecule has 0 radical (unpaired) electrons. The number of benzene rings is 2. The van der Waals surface area contributed by atoms with Gasteiger partial charge < -0.3 is 25.4 Å². The number of nitrogens with zero attached hydrogens (tertiary/aromatic N) is 3. The van der Waals surface area contributed by atoms with Gasteiger partial charge in [-0.15, -0.1) is 0 Å². The summed E-state index contributed by atoms with van der Waals surface area (Å²) in [4.78, 5) is 10.9. The summed E-state index contributed by atoms with van der Waals surface area (Å²) < 4.78 is 25.6. The fourth-order valence-corrected chi connectivity index (χ4v) is 6.38. The first kappa shape index (κ1) is 35.1. The molecule has 48 heavy (non-hydrogen) atoms. The number of piperidine rings is 2. The van der Waals surface area contributed by atoms with Crippen molar-refractivity contribution in [2.75, 3.05) is 50.0 Å². The first-order valence-electron chi connectivity index (χ1n) is 17.4. The van der Waals surface area contributed by atoms with E-state index < -0.39 is 0 Å². The lowest BCUT2D eigenvalue weighted by Gasteiger charge is -2.33. The Labute approximate surface area is 285 Å². The summed E-state index contributed by atoms with van der Waals surface area (Å²) in [6, 6.07) is 20.1. The minimum Gasteiger partial charge on any atom is -0.493 e. The van der Waals surface area contributed by atoms with Crippen LogP contribution in [-0.2, 0) is 6.54 Å².